The summed E-state index contributed by atoms with van der Waals surface area (Å²) >= 11 is 0. The van der Waals surface area contributed by atoms with Crippen LogP contribution in [-0.2, 0) is 45.8 Å². The van der Waals surface area contributed by atoms with Crippen molar-refractivity contribution in [3.8, 4) is 5.75 Å². The molecule has 3 fully saturated rings. The lowest BCUT2D eigenvalue weighted by molar-refractivity contribution is -0.228. The Kier molecular flexibility index (Phi) is 11.1. The predicted octanol–water partition coefficient (Wildman–Crippen LogP) is 4.71. The average Bonchev–Trinajstić information content (AvgIpc) is 3.95. The summed E-state index contributed by atoms with van der Waals surface area (Å²) in [4.78, 5) is 67.3. The van der Waals surface area contributed by atoms with Crippen molar-refractivity contribution in [2.24, 2.45) is 11.3 Å². The third kappa shape index (κ3) is 6.30. The van der Waals surface area contributed by atoms with Crippen LogP contribution < -0.4 is 20.3 Å². The summed E-state index contributed by atoms with van der Waals surface area (Å²) in [7, 11) is 6.16. The van der Waals surface area contributed by atoms with E-state index in [-0.39, 0.29) is 24.0 Å². The van der Waals surface area contributed by atoms with E-state index in [1.165, 1.54) is 21.1 Å². The standard InChI is InChI=1S/C50H66N6O9/c1-10-46(53-45(60)51-29(3)4)25-31-26-49(43(58)63-8,39-33(17-21-55(27-31)28-46)32-15-12-13-16-36(32)52-39)35-23-34-37(24-38(35)62-7)54(6)41-48(34)19-22-56-20-14-18-47(11-2,40(48)56)42(65-30(5)57)50(41,61)44(59)64-9/h12-16,18,23-24,29,31,40-42,52,61H,10-11,17,19-22,25-28H2,1-9H3,(H2,51,53,60)/t31-,40-,41+,42+,46-,47+,48+,49-,50-/m0/s1. The van der Waals surface area contributed by atoms with Gasteiger partial charge in [0.1, 0.15) is 11.2 Å². The highest BCUT2D eigenvalue weighted by Gasteiger charge is 2.80. The molecular formula is C50H66N6O9. The van der Waals surface area contributed by atoms with Gasteiger partial charge in [-0.1, -0.05) is 44.2 Å². The molecule has 6 heterocycles. The van der Waals surface area contributed by atoms with Crippen LogP contribution in [0.25, 0.3) is 10.9 Å². The highest BCUT2D eigenvalue weighted by Crippen LogP contribution is 2.68. The van der Waals surface area contributed by atoms with Gasteiger partial charge in [-0.2, -0.15) is 0 Å². The van der Waals surface area contributed by atoms with E-state index < -0.39 is 57.4 Å². The Morgan fingerprint density at radius 2 is 1.72 bits per heavy atom. The number of para-hydroxylation sites is 1. The second-order valence-electron chi connectivity index (χ2n) is 20.0. The lowest BCUT2D eigenvalue weighted by Gasteiger charge is -2.63. The summed E-state index contributed by atoms with van der Waals surface area (Å²) < 4.78 is 24.2. The van der Waals surface area contributed by atoms with Crippen LogP contribution in [0.3, 0.4) is 0 Å². The van der Waals surface area contributed by atoms with Crippen LogP contribution in [0, 0.1) is 11.3 Å². The Labute approximate surface area is 381 Å². The molecule has 2 aromatic carbocycles. The van der Waals surface area contributed by atoms with Crippen molar-refractivity contribution >= 4 is 40.5 Å². The summed E-state index contributed by atoms with van der Waals surface area (Å²) in [6.07, 6.45) is 6.09. The van der Waals surface area contributed by atoms with Gasteiger partial charge in [0.05, 0.1) is 32.9 Å². The van der Waals surface area contributed by atoms with Crippen molar-refractivity contribution in [2.75, 3.05) is 66.0 Å². The molecule has 4 N–H and O–H groups in total. The molecule has 15 nitrogen and oxygen atoms in total. The predicted molar refractivity (Wildman–Crippen MR) is 245 cm³/mol. The average molecular weight is 895 g/mol. The third-order valence-corrected chi connectivity index (χ3v) is 16.4. The molecule has 1 aromatic heterocycles. The van der Waals surface area contributed by atoms with E-state index in [1.54, 1.807) is 7.11 Å². The number of hydrogen-bond acceptors (Lipinski definition) is 12. The van der Waals surface area contributed by atoms with Gasteiger partial charge in [0.15, 0.2) is 6.10 Å². The highest BCUT2D eigenvalue weighted by atomic mass is 16.6. The van der Waals surface area contributed by atoms with Gasteiger partial charge >= 0.3 is 23.9 Å². The van der Waals surface area contributed by atoms with E-state index in [1.807, 2.05) is 57.0 Å². The van der Waals surface area contributed by atoms with Crippen LogP contribution in [0.4, 0.5) is 10.5 Å². The highest BCUT2D eigenvalue weighted by molar-refractivity contribution is 5.95. The van der Waals surface area contributed by atoms with Gasteiger partial charge in [-0.05, 0) is 88.1 Å². The van der Waals surface area contributed by atoms with E-state index >= 15 is 4.79 Å². The number of aromatic nitrogens is 1. The SMILES string of the molecule is CC[C@]1(NC(=O)NC(C)C)C[C@@H]2CN(CCc3c([nH]c4ccccc34)[C@@](C(=O)OC)(c3cc4c(cc3OC)N(C)[C@H]3[C@@](O)(C(=O)OC)[C@H](OC(C)=O)[C@]5(CC)C=CCN6CC[C@]43[C@@H]65)C2)C1. The van der Waals surface area contributed by atoms with Gasteiger partial charge in [-0.25, -0.2) is 9.59 Å². The fraction of sp³-hybridized carbons (Fsp3) is 0.600. The number of urea groups is 1. The number of rotatable bonds is 9. The zero-order valence-electron chi connectivity index (χ0n) is 39.3. The number of esters is 3. The van der Waals surface area contributed by atoms with Crippen molar-refractivity contribution in [3.05, 3.63) is 70.9 Å². The molecule has 350 valence electrons. The molecule has 10 atom stereocenters. The van der Waals surface area contributed by atoms with Gasteiger partial charge < -0.3 is 49.5 Å². The van der Waals surface area contributed by atoms with Gasteiger partial charge in [0, 0.05) is 97.0 Å². The zero-order valence-corrected chi connectivity index (χ0v) is 39.3. The molecule has 2 bridgehead atoms. The number of fused-ring (bicyclic) bond motifs is 6. The van der Waals surface area contributed by atoms with E-state index in [9.17, 15) is 19.5 Å². The molecule has 9 rings (SSSR count). The van der Waals surface area contributed by atoms with Crippen LogP contribution in [0.2, 0.25) is 0 Å². The second-order valence-corrected chi connectivity index (χ2v) is 20.0. The van der Waals surface area contributed by atoms with E-state index in [0.29, 0.717) is 82.6 Å². The fourth-order valence-corrected chi connectivity index (χ4v) is 14.3. The molecule has 3 aromatic rings. The topological polar surface area (TPSA) is 175 Å². The van der Waals surface area contributed by atoms with E-state index in [2.05, 4.69) is 56.6 Å². The first kappa shape index (κ1) is 45.1. The monoisotopic (exact) mass is 894 g/mol. The van der Waals surface area contributed by atoms with Gasteiger partial charge in [-0.3, -0.25) is 14.5 Å². The quantitative estimate of drug-likeness (QED) is 0.133. The number of aliphatic hydroxyl groups is 1. The Morgan fingerprint density at radius 1 is 0.969 bits per heavy atom. The van der Waals surface area contributed by atoms with Crippen LogP contribution in [0.1, 0.15) is 89.1 Å². The van der Waals surface area contributed by atoms with Crippen molar-refractivity contribution in [2.45, 2.75) is 119 Å². The Hall–Kier alpha value is -5.12. The minimum atomic E-state index is -2.32. The lowest BCUT2D eigenvalue weighted by atomic mass is 9.47. The summed E-state index contributed by atoms with van der Waals surface area (Å²) in [5, 5.41) is 20.9. The number of likely N-dealkylation sites (N-methyl/N-ethyl adjacent to an activating group) is 1. The number of aromatic amines is 1. The number of hydrogen-bond donors (Lipinski definition) is 4. The maximum Gasteiger partial charge on any atom is 0.344 e. The molecule has 1 spiro atoms. The first-order valence-corrected chi connectivity index (χ1v) is 23.4. The van der Waals surface area contributed by atoms with Crippen molar-refractivity contribution in [1.29, 1.82) is 0 Å². The normalized spacial score (nSPS) is 34.6. The summed E-state index contributed by atoms with van der Waals surface area (Å²) in [6, 6.07) is 10.7. The first-order chi connectivity index (χ1) is 31.0. The number of ether oxygens (including phenoxy) is 4. The van der Waals surface area contributed by atoms with Crippen LogP contribution in [0.15, 0.2) is 48.6 Å². The van der Waals surface area contributed by atoms with Crippen LogP contribution >= 0.6 is 0 Å². The Morgan fingerprint density at radius 3 is 2.40 bits per heavy atom. The number of benzene rings is 2. The molecule has 1 saturated carbocycles. The smallest absolute Gasteiger partial charge is 0.344 e. The van der Waals surface area contributed by atoms with Crippen molar-refractivity contribution in [1.82, 2.24) is 25.4 Å². The molecular weight excluding hydrogens is 829 g/mol. The second kappa shape index (κ2) is 16.0. The number of methoxy groups -OCH3 is 3. The van der Waals surface area contributed by atoms with Gasteiger partial charge in [0.2, 0.25) is 5.60 Å². The van der Waals surface area contributed by atoms with E-state index in [4.69, 9.17) is 18.9 Å². The number of piperidine rings is 1. The van der Waals surface area contributed by atoms with Gasteiger partial charge in [-0.15, -0.1) is 0 Å². The molecule has 1 aliphatic carbocycles. The minimum absolute atomic E-state index is 0.0449. The molecule has 15 heteroatoms. The minimum Gasteiger partial charge on any atom is -0.496 e. The van der Waals surface area contributed by atoms with E-state index in [0.717, 1.165) is 33.4 Å². The number of carbonyl (C=O) groups excluding carboxylic acids is 4. The van der Waals surface area contributed by atoms with Crippen molar-refractivity contribution < 1.29 is 43.2 Å². The number of nitrogens with zero attached hydrogens (tertiary/aromatic N) is 3. The number of H-pyrrole nitrogens is 1. The van der Waals surface area contributed by atoms with Crippen LogP contribution in [0.5, 0.6) is 5.75 Å². The summed E-state index contributed by atoms with van der Waals surface area (Å²) in [6.45, 7) is 12.7. The molecule has 1 unspecified atom stereocenters. The largest absolute Gasteiger partial charge is 0.496 e. The molecule has 5 aliphatic heterocycles. The maximum absolute atomic E-state index is 15.6. The molecule has 6 aliphatic rings. The number of anilines is 1. The fourth-order valence-electron chi connectivity index (χ4n) is 14.3. The first-order valence-electron chi connectivity index (χ1n) is 23.4. The summed E-state index contributed by atoms with van der Waals surface area (Å²) in [5.41, 5.74) is -1.43. The number of nitrogens with one attached hydrogen (secondary N) is 3. The zero-order chi connectivity index (χ0) is 46.4. The maximum atomic E-state index is 15.6. The molecule has 2 amide bonds. The lowest BCUT2D eigenvalue weighted by Crippen LogP contribution is -2.81. The molecule has 2 saturated heterocycles. The third-order valence-electron chi connectivity index (χ3n) is 16.4. The number of amides is 2. The number of carbonyl (C=O) groups is 4. The Bertz CT molecular complexity index is 2450. The molecule has 0 radical (unpaired) electrons. The molecule has 65 heavy (non-hydrogen) atoms. The van der Waals surface area contributed by atoms with Gasteiger partial charge in [0.25, 0.3) is 0 Å². The van der Waals surface area contributed by atoms with Crippen molar-refractivity contribution in [3.63, 3.8) is 0 Å². The summed E-state index contributed by atoms with van der Waals surface area (Å²) in [5.74, 6) is -1.60. The Balaban J connectivity index is 1.32. The van der Waals surface area contributed by atoms with Crippen LogP contribution in [-0.4, -0.2) is 140 Å².